The first kappa shape index (κ1) is 27.1. The van der Waals surface area contributed by atoms with Crippen molar-refractivity contribution in [2.24, 2.45) is 0 Å². The Morgan fingerprint density at radius 2 is 1.74 bits per heavy atom. The second-order valence-electron chi connectivity index (χ2n) is 8.56. The van der Waals surface area contributed by atoms with E-state index in [1.165, 1.54) is 6.26 Å². The van der Waals surface area contributed by atoms with Gasteiger partial charge in [0.1, 0.15) is 5.75 Å². The highest BCUT2D eigenvalue weighted by Crippen LogP contribution is 2.40. The van der Waals surface area contributed by atoms with E-state index in [2.05, 4.69) is 15.5 Å². The molecule has 1 aliphatic rings. The monoisotopic (exact) mass is 535 g/mol. The van der Waals surface area contributed by atoms with Gasteiger partial charge in [-0.1, -0.05) is 36.7 Å². The number of hydrogen-bond donors (Lipinski definition) is 2. The van der Waals surface area contributed by atoms with Gasteiger partial charge >= 0.3 is 0 Å². The molecule has 1 saturated heterocycles. The van der Waals surface area contributed by atoms with Gasteiger partial charge in [0, 0.05) is 54.8 Å². The summed E-state index contributed by atoms with van der Waals surface area (Å²) in [4.78, 5) is 2.58. The van der Waals surface area contributed by atoms with Crippen molar-refractivity contribution < 1.29 is 13.2 Å². The highest BCUT2D eigenvalue weighted by molar-refractivity contribution is 7.91. The molecule has 0 aliphatic carbocycles. The quantitative estimate of drug-likeness (QED) is 0.417. The number of methoxy groups -OCH3 is 1. The predicted molar refractivity (Wildman–Crippen MR) is 147 cm³/mol. The third kappa shape index (κ3) is 6.41. The molecule has 4 rings (SSSR count). The summed E-state index contributed by atoms with van der Waals surface area (Å²) in [5.74, 6) is 0.396. The maximum absolute atomic E-state index is 13.2. The van der Waals surface area contributed by atoms with Gasteiger partial charge in [-0.15, -0.1) is 12.4 Å². The van der Waals surface area contributed by atoms with E-state index in [1.54, 1.807) is 13.2 Å². The number of rotatable bonds is 7. The van der Waals surface area contributed by atoms with Gasteiger partial charge in [-0.2, -0.15) is 0 Å². The highest BCUT2D eigenvalue weighted by Gasteiger charge is 2.26. The number of halogens is 2. The molecule has 1 fully saturated rings. The Kier molecular flexibility index (Phi) is 8.94. The number of nitrogens with one attached hydrogen (secondary N) is 2. The molecule has 3 aromatic rings. The summed E-state index contributed by atoms with van der Waals surface area (Å²) in [6.45, 7) is 5.46. The van der Waals surface area contributed by atoms with Crippen molar-refractivity contribution in [1.82, 2.24) is 5.32 Å². The smallest absolute Gasteiger partial charge is 0.177 e. The van der Waals surface area contributed by atoms with E-state index in [0.29, 0.717) is 21.4 Å². The minimum absolute atomic E-state index is 0. The number of piperazine rings is 1. The van der Waals surface area contributed by atoms with Gasteiger partial charge in [-0.05, 0) is 53.6 Å². The molecule has 6 nitrogen and oxygen atoms in total. The second-order valence-corrected chi connectivity index (χ2v) is 10.9. The van der Waals surface area contributed by atoms with Gasteiger partial charge in [0.15, 0.2) is 9.84 Å². The molecule has 0 aromatic heterocycles. The number of ether oxygens (including phenoxy) is 1. The first-order chi connectivity index (χ1) is 16.3. The summed E-state index contributed by atoms with van der Waals surface area (Å²) < 4.78 is 31.7. The lowest BCUT2D eigenvalue weighted by Crippen LogP contribution is -2.43. The van der Waals surface area contributed by atoms with Crippen molar-refractivity contribution in [3.05, 3.63) is 76.8 Å². The van der Waals surface area contributed by atoms with Crippen LogP contribution in [0.2, 0.25) is 5.02 Å². The molecule has 0 bridgehead atoms. The van der Waals surface area contributed by atoms with Gasteiger partial charge in [-0.3, -0.25) is 0 Å². The van der Waals surface area contributed by atoms with E-state index >= 15 is 0 Å². The van der Waals surface area contributed by atoms with Crippen LogP contribution in [0.25, 0.3) is 0 Å². The standard InChI is InChI=1S/C26H30ClN3O3S.ClH/c1-18(19-13-20(27)15-23(14-19)33-2)24-16-22(30-11-9-28-10-12-30)17-25(26(24)34(3,31)32)29-21-7-5-4-6-8-21;/h4-8,13-18,28-29H,9-12H2,1-3H3;1H. The molecule has 9 heteroatoms. The lowest BCUT2D eigenvalue weighted by molar-refractivity contribution is 0.414. The van der Waals surface area contributed by atoms with Crippen molar-refractivity contribution in [3.63, 3.8) is 0 Å². The maximum atomic E-state index is 13.2. The van der Waals surface area contributed by atoms with Crippen LogP contribution in [0.15, 0.2) is 65.6 Å². The van der Waals surface area contributed by atoms with Gasteiger partial charge in [0.2, 0.25) is 0 Å². The summed E-state index contributed by atoms with van der Waals surface area (Å²) in [5, 5.41) is 7.29. The lowest BCUT2D eigenvalue weighted by Gasteiger charge is -2.31. The highest BCUT2D eigenvalue weighted by atomic mass is 35.5. The van der Waals surface area contributed by atoms with E-state index in [9.17, 15) is 8.42 Å². The van der Waals surface area contributed by atoms with Crippen LogP contribution in [0.4, 0.5) is 17.1 Å². The third-order valence-corrected chi connectivity index (χ3v) is 7.52. The van der Waals surface area contributed by atoms with Crippen molar-refractivity contribution in [3.8, 4) is 5.75 Å². The molecule has 0 radical (unpaired) electrons. The number of sulfone groups is 1. The molecule has 35 heavy (non-hydrogen) atoms. The minimum atomic E-state index is -3.57. The fourth-order valence-corrected chi connectivity index (χ4v) is 5.78. The molecular formula is C26H31Cl2N3O3S. The molecule has 2 N–H and O–H groups in total. The van der Waals surface area contributed by atoms with Crippen LogP contribution in [0.3, 0.4) is 0 Å². The molecular weight excluding hydrogens is 505 g/mol. The Labute approximate surface area is 219 Å². The molecule has 1 atom stereocenters. The lowest BCUT2D eigenvalue weighted by atomic mass is 9.91. The second kappa shape index (κ2) is 11.5. The summed E-state index contributed by atoms with van der Waals surface area (Å²) >= 11 is 6.36. The summed E-state index contributed by atoms with van der Waals surface area (Å²) in [6, 6.07) is 19.1. The van der Waals surface area contributed by atoms with Crippen LogP contribution in [0.5, 0.6) is 5.75 Å². The SMILES string of the molecule is COc1cc(Cl)cc(C(C)c2cc(N3CCNCC3)cc(Nc3ccccc3)c2S(C)(=O)=O)c1.Cl. The first-order valence-electron chi connectivity index (χ1n) is 11.3. The molecule has 0 spiro atoms. The van der Waals surface area contributed by atoms with Gasteiger partial charge in [0.05, 0.1) is 17.7 Å². The largest absolute Gasteiger partial charge is 0.497 e. The predicted octanol–water partition coefficient (Wildman–Crippen LogP) is 5.48. The van der Waals surface area contributed by atoms with Gasteiger partial charge < -0.3 is 20.3 Å². The third-order valence-electron chi connectivity index (χ3n) is 6.10. The van der Waals surface area contributed by atoms with E-state index in [-0.39, 0.29) is 18.3 Å². The molecule has 1 unspecified atom stereocenters. The van der Waals surface area contributed by atoms with Crippen LogP contribution in [-0.2, 0) is 9.84 Å². The number of benzene rings is 3. The van der Waals surface area contributed by atoms with E-state index in [1.807, 2.05) is 61.5 Å². The van der Waals surface area contributed by atoms with Crippen LogP contribution in [0.1, 0.15) is 24.0 Å². The summed E-state index contributed by atoms with van der Waals surface area (Å²) in [6.07, 6.45) is 1.26. The van der Waals surface area contributed by atoms with E-state index in [4.69, 9.17) is 16.3 Å². The van der Waals surface area contributed by atoms with Crippen molar-refractivity contribution in [2.75, 3.05) is 49.8 Å². The Bertz CT molecular complexity index is 1260. The van der Waals surface area contributed by atoms with E-state index in [0.717, 1.165) is 48.7 Å². The molecule has 0 amide bonds. The number of nitrogens with zero attached hydrogens (tertiary/aromatic N) is 1. The minimum Gasteiger partial charge on any atom is -0.497 e. The van der Waals surface area contributed by atoms with Gasteiger partial charge in [0.25, 0.3) is 0 Å². The molecule has 188 valence electrons. The number of para-hydroxylation sites is 1. The zero-order valence-corrected chi connectivity index (χ0v) is 22.4. The first-order valence-corrected chi connectivity index (χ1v) is 13.5. The van der Waals surface area contributed by atoms with E-state index < -0.39 is 9.84 Å². The van der Waals surface area contributed by atoms with Crippen LogP contribution < -0.4 is 20.3 Å². The Balaban J connectivity index is 0.00000342. The Hall–Kier alpha value is -2.45. The fraction of sp³-hybridized carbons (Fsp3) is 0.308. The number of anilines is 3. The molecule has 1 heterocycles. The van der Waals surface area contributed by atoms with Crippen LogP contribution >= 0.6 is 24.0 Å². The van der Waals surface area contributed by atoms with Crippen molar-refractivity contribution >= 4 is 50.9 Å². The molecule has 0 saturated carbocycles. The maximum Gasteiger partial charge on any atom is 0.177 e. The van der Waals surface area contributed by atoms with Crippen molar-refractivity contribution in [2.45, 2.75) is 17.7 Å². The number of hydrogen-bond acceptors (Lipinski definition) is 6. The summed E-state index contributed by atoms with van der Waals surface area (Å²) in [5.41, 5.74) is 4.00. The van der Waals surface area contributed by atoms with Crippen molar-refractivity contribution in [1.29, 1.82) is 0 Å². The Morgan fingerprint density at radius 3 is 2.37 bits per heavy atom. The summed E-state index contributed by atoms with van der Waals surface area (Å²) in [7, 11) is -1.98. The molecule has 1 aliphatic heterocycles. The Morgan fingerprint density at radius 1 is 1.06 bits per heavy atom. The topological polar surface area (TPSA) is 70.7 Å². The van der Waals surface area contributed by atoms with Gasteiger partial charge in [-0.25, -0.2) is 8.42 Å². The zero-order valence-electron chi connectivity index (χ0n) is 20.0. The van der Waals surface area contributed by atoms with Crippen LogP contribution in [-0.4, -0.2) is 48.0 Å². The molecule has 3 aromatic carbocycles. The average Bonchev–Trinajstić information content (AvgIpc) is 2.83. The average molecular weight is 537 g/mol. The fourth-order valence-electron chi connectivity index (χ4n) is 4.38. The van der Waals surface area contributed by atoms with Crippen LogP contribution in [0, 0.1) is 0 Å². The normalized spacial score (nSPS) is 14.7. The zero-order chi connectivity index (χ0) is 24.3.